The number of aromatic hydroxyl groups is 1. The van der Waals surface area contributed by atoms with Crippen molar-refractivity contribution < 1.29 is 38.9 Å². The third-order valence-electron chi connectivity index (χ3n) is 10.3. The Hall–Kier alpha value is -6.02. The van der Waals surface area contributed by atoms with Gasteiger partial charge in [0.15, 0.2) is 0 Å². The van der Waals surface area contributed by atoms with E-state index in [0.29, 0.717) is 23.3 Å². The summed E-state index contributed by atoms with van der Waals surface area (Å²) in [6.07, 6.45) is 2.14. The van der Waals surface area contributed by atoms with Gasteiger partial charge in [-0.05, 0) is 73.6 Å². The molecule has 7 rings (SSSR count). The average molecular weight is 722 g/mol. The standard InChI is InChI=1S/C39H39N5O9/c1-3-22-24-15-21(45)12-13-30(24)42-34-25(22)18-44-32(34)16-27-26(36(44)48)19-52-38(51)39(27,4-2)53-33(46)11-7-10-31(37(49)50)43-35(47)28(40)14-20-17-41-29-9-6-5-8-23(20)29/h5-6,8-9,12-13,15-17,28,31,41,45H,3-4,7,10-11,14,18-19,40H2,1-2H3,(H,43,47)(H,49,50)/t28-,31-,39+/m1/s1. The molecule has 2 aliphatic heterocycles. The highest BCUT2D eigenvalue weighted by Gasteiger charge is 2.50. The number of aromatic nitrogens is 3. The highest BCUT2D eigenvalue weighted by atomic mass is 16.6. The summed E-state index contributed by atoms with van der Waals surface area (Å²) in [5.74, 6) is -3.46. The van der Waals surface area contributed by atoms with Crippen LogP contribution in [0.1, 0.15) is 67.3 Å². The monoisotopic (exact) mass is 721 g/mol. The normalized spacial score (nSPS) is 17.1. The number of rotatable bonds is 12. The number of carbonyl (C=O) groups is 4. The number of aryl methyl sites for hydroxylation is 1. The number of phenols is 1. The van der Waals surface area contributed by atoms with Crippen LogP contribution in [0.4, 0.5) is 0 Å². The van der Waals surface area contributed by atoms with Gasteiger partial charge in [0.1, 0.15) is 18.4 Å². The molecule has 0 saturated carbocycles. The largest absolute Gasteiger partial charge is 0.508 e. The van der Waals surface area contributed by atoms with E-state index >= 15 is 0 Å². The molecular weight excluding hydrogens is 682 g/mol. The molecule has 2 aliphatic rings. The van der Waals surface area contributed by atoms with Crippen molar-refractivity contribution in [2.45, 2.75) is 83.2 Å². The quantitative estimate of drug-likeness (QED) is 0.115. The summed E-state index contributed by atoms with van der Waals surface area (Å²) in [6.45, 7) is 3.57. The number of pyridine rings is 2. The Bertz CT molecular complexity index is 2380. The van der Waals surface area contributed by atoms with Gasteiger partial charge in [-0.25, -0.2) is 14.6 Å². The molecule has 3 atom stereocenters. The summed E-state index contributed by atoms with van der Waals surface area (Å²) in [4.78, 5) is 73.8. The Labute approximate surface area is 302 Å². The first kappa shape index (κ1) is 35.4. The van der Waals surface area contributed by atoms with E-state index in [1.807, 2.05) is 31.2 Å². The minimum atomic E-state index is -1.92. The molecular formula is C39H39N5O9. The summed E-state index contributed by atoms with van der Waals surface area (Å²) in [6, 6.07) is 11.8. The van der Waals surface area contributed by atoms with Crippen molar-refractivity contribution in [2.75, 3.05) is 0 Å². The van der Waals surface area contributed by atoms with Gasteiger partial charge >= 0.3 is 17.9 Å². The third kappa shape index (κ3) is 6.18. The lowest BCUT2D eigenvalue weighted by molar-refractivity contribution is -0.189. The first-order chi connectivity index (χ1) is 25.4. The van der Waals surface area contributed by atoms with E-state index < -0.39 is 47.1 Å². The highest BCUT2D eigenvalue weighted by Crippen LogP contribution is 2.42. The molecule has 14 nitrogen and oxygen atoms in total. The number of benzene rings is 2. The Kier molecular flexibility index (Phi) is 9.24. The number of esters is 2. The van der Waals surface area contributed by atoms with E-state index in [2.05, 4.69) is 10.3 Å². The lowest BCUT2D eigenvalue weighted by Crippen LogP contribution is -2.49. The van der Waals surface area contributed by atoms with Crippen LogP contribution in [0.2, 0.25) is 0 Å². The van der Waals surface area contributed by atoms with Crippen LogP contribution in [0.5, 0.6) is 5.75 Å². The number of phenolic OH excluding ortho intramolecular Hbond substituents is 1. The van der Waals surface area contributed by atoms with Crippen molar-refractivity contribution >= 4 is 45.6 Å². The molecule has 0 saturated heterocycles. The molecule has 0 spiro atoms. The lowest BCUT2D eigenvalue weighted by Gasteiger charge is -2.35. The molecule has 0 unspecified atom stereocenters. The fraction of sp³-hybridized carbons (Fsp3) is 0.333. The van der Waals surface area contributed by atoms with E-state index in [-0.39, 0.29) is 62.1 Å². The molecule has 0 fully saturated rings. The molecule has 3 aromatic heterocycles. The lowest BCUT2D eigenvalue weighted by atomic mass is 9.85. The van der Waals surface area contributed by atoms with Gasteiger partial charge < -0.3 is 40.3 Å². The van der Waals surface area contributed by atoms with Gasteiger partial charge in [-0.1, -0.05) is 32.0 Å². The number of carboxylic acids is 1. The maximum absolute atomic E-state index is 14.0. The number of aliphatic carboxylic acids is 1. The number of hydrogen-bond donors (Lipinski definition) is 5. The van der Waals surface area contributed by atoms with Crippen molar-refractivity contribution in [3.63, 3.8) is 0 Å². The van der Waals surface area contributed by atoms with Crippen LogP contribution in [-0.2, 0) is 60.2 Å². The number of amides is 1. The molecule has 5 heterocycles. The minimum absolute atomic E-state index is 0.00201. The fourth-order valence-electron chi connectivity index (χ4n) is 7.57. The van der Waals surface area contributed by atoms with Crippen LogP contribution < -0.4 is 16.6 Å². The molecule has 6 N–H and O–H groups in total. The maximum atomic E-state index is 14.0. The molecule has 274 valence electrons. The zero-order valence-electron chi connectivity index (χ0n) is 29.2. The predicted octanol–water partition coefficient (Wildman–Crippen LogP) is 3.69. The predicted molar refractivity (Wildman–Crippen MR) is 193 cm³/mol. The van der Waals surface area contributed by atoms with Crippen molar-refractivity contribution in [3.05, 3.63) is 92.9 Å². The van der Waals surface area contributed by atoms with Crippen molar-refractivity contribution in [2.24, 2.45) is 5.73 Å². The number of nitrogens with two attached hydrogens (primary N) is 1. The minimum Gasteiger partial charge on any atom is -0.508 e. The number of aromatic amines is 1. The number of nitrogens with one attached hydrogen (secondary N) is 2. The molecule has 0 aliphatic carbocycles. The van der Waals surface area contributed by atoms with Gasteiger partial charge in [-0.3, -0.25) is 14.4 Å². The Morgan fingerprint density at radius 3 is 2.66 bits per heavy atom. The summed E-state index contributed by atoms with van der Waals surface area (Å²) in [7, 11) is 0. The summed E-state index contributed by atoms with van der Waals surface area (Å²) < 4.78 is 12.9. The second-order valence-corrected chi connectivity index (χ2v) is 13.5. The zero-order valence-corrected chi connectivity index (χ0v) is 29.2. The second kappa shape index (κ2) is 13.8. The van der Waals surface area contributed by atoms with Crippen LogP contribution in [0.15, 0.2) is 59.5 Å². The molecule has 0 bridgehead atoms. The molecule has 14 heteroatoms. The van der Waals surface area contributed by atoms with Crippen LogP contribution in [0.25, 0.3) is 33.2 Å². The molecule has 2 aromatic carbocycles. The van der Waals surface area contributed by atoms with Crippen molar-refractivity contribution in [1.82, 2.24) is 19.9 Å². The van der Waals surface area contributed by atoms with Gasteiger partial charge in [0.05, 0.1) is 35.1 Å². The third-order valence-corrected chi connectivity index (χ3v) is 10.3. The van der Waals surface area contributed by atoms with Crippen LogP contribution in [0.3, 0.4) is 0 Å². The SMILES string of the molecule is CCc1c2c(nc3ccc(O)cc13)-c1cc3c(c(=O)n1C2)COC(=O)[C@@]3(CC)OC(=O)CCC[C@@H](NC(=O)[C@H](N)Cc1c[nH]c2ccccc12)C(=O)O. The van der Waals surface area contributed by atoms with E-state index in [0.717, 1.165) is 33.0 Å². The number of carbonyl (C=O) groups excluding carboxylic acids is 3. The first-order valence-corrected chi connectivity index (χ1v) is 17.6. The first-order valence-electron chi connectivity index (χ1n) is 17.6. The molecule has 5 aromatic rings. The van der Waals surface area contributed by atoms with E-state index in [1.165, 1.54) is 0 Å². The highest BCUT2D eigenvalue weighted by molar-refractivity contribution is 5.91. The van der Waals surface area contributed by atoms with Crippen molar-refractivity contribution in [1.29, 1.82) is 0 Å². The topological polar surface area (TPSA) is 216 Å². The Balaban J connectivity index is 1.07. The number of fused-ring (bicyclic) bond motifs is 6. The number of H-pyrrole nitrogens is 1. The van der Waals surface area contributed by atoms with Crippen molar-refractivity contribution in [3.8, 4) is 17.1 Å². The fourth-order valence-corrected chi connectivity index (χ4v) is 7.57. The van der Waals surface area contributed by atoms with Gasteiger partial charge in [-0.15, -0.1) is 0 Å². The smallest absolute Gasteiger partial charge is 0.355 e. The number of nitrogens with zero attached hydrogens (tertiary/aromatic N) is 2. The molecule has 53 heavy (non-hydrogen) atoms. The molecule has 1 amide bonds. The maximum Gasteiger partial charge on any atom is 0.355 e. The summed E-state index contributed by atoms with van der Waals surface area (Å²) in [5, 5.41) is 24.2. The Morgan fingerprint density at radius 2 is 1.91 bits per heavy atom. The second-order valence-electron chi connectivity index (χ2n) is 13.5. The van der Waals surface area contributed by atoms with Gasteiger partial charge in [0, 0.05) is 40.0 Å². The van der Waals surface area contributed by atoms with Crippen LogP contribution in [0, 0.1) is 0 Å². The van der Waals surface area contributed by atoms with Gasteiger partial charge in [0.25, 0.3) is 5.56 Å². The summed E-state index contributed by atoms with van der Waals surface area (Å²) >= 11 is 0. The van der Waals surface area contributed by atoms with Crippen LogP contribution in [-0.4, -0.2) is 60.6 Å². The average Bonchev–Trinajstić information content (AvgIpc) is 3.72. The number of carboxylic acid groups (broad SMARTS) is 1. The van der Waals surface area contributed by atoms with E-state index in [9.17, 15) is 34.2 Å². The van der Waals surface area contributed by atoms with Gasteiger partial charge in [-0.2, -0.15) is 0 Å². The van der Waals surface area contributed by atoms with E-state index in [1.54, 1.807) is 42.0 Å². The number of para-hydroxylation sites is 1. The molecule has 0 radical (unpaired) electrons. The zero-order chi connectivity index (χ0) is 37.6. The number of ether oxygens (including phenoxy) is 2. The van der Waals surface area contributed by atoms with Crippen LogP contribution >= 0.6 is 0 Å². The summed E-state index contributed by atoms with van der Waals surface area (Å²) in [5.41, 5.74) is 9.40. The van der Waals surface area contributed by atoms with E-state index in [4.69, 9.17) is 20.2 Å². The number of hydrogen-bond acceptors (Lipinski definition) is 10. The van der Waals surface area contributed by atoms with Gasteiger partial charge in [0.2, 0.25) is 11.5 Å². The Morgan fingerprint density at radius 1 is 1.11 bits per heavy atom. The number of cyclic esters (lactones) is 1.